The number of hydrogen-bond acceptors (Lipinski definition) is 6. The first-order valence-corrected chi connectivity index (χ1v) is 8.05. The van der Waals surface area contributed by atoms with Crippen LogP contribution in [0.3, 0.4) is 0 Å². The number of nitrogens with zero attached hydrogens (tertiary/aromatic N) is 3. The first-order valence-electron chi connectivity index (χ1n) is 7.17. The largest absolute Gasteiger partial charge is 0.365 e. The maximum absolute atomic E-state index is 11.6. The molecule has 2 N–H and O–H groups in total. The Morgan fingerprint density at radius 1 is 1.48 bits per heavy atom. The van der Waals surface area contributed by atoms with Gasteiger partial charge in [-0.3, -0.25) is 4.79 Å². The molecule has 1 aliphatic rings. The smallest absolute Gasteiger partial charge is 0.226 e. The lowest BCUT2D eigenvalue weighted by Crippen LogP contribution is -2.43. The standard InChI is InChI=1S/C14H19N5OS/c1-3-15-14-17-12(10-6-7-21-13(10)18-14)16-9-4-5-11(20)19(2)8-9/h6-7,9H,3-5,8H2,1-2H3,(H2,15,16,17,18). The SMILES string of the molecule is CCNc1nc(NC2CCC(=O)N(C)C2)c2ccsc2n1. The van der Waals surface area contributed by atoms with Crippen LogP contribution in [0.15, 0.2) is 11.4 Å². The fraction of sp³-hybridized carbons (Fsp3) is 0.500. The minimum atomic E-state index is 0.213. The number of carbonyl (C=O) groups excluding carboxylic acids is 1. The molecule has 1 saturated heterocycles. The van der Waals surface area contributed by atoms with Crippen LogP contribution in [0.4, 0.5) is 11.8 Å². The van der Waals surface area contributed by atoms with Gasteiger partial charge in [0.1, 0.15) is 10.6 Å². The molecule has 1 aliphatic heterocycles. The molecule has 0 saturated carbocycles. The Bertz CT molecular complexity index is 656. The number of carbonyl (C=O) groups is 1. The molecule has 1 fully saturated rings. The highest BCUT2D eigenvalue weighted by atomic mass is 32.1. The second kappa shape index (κ2) is 5.85. The number of piperidine rings is 1. The van der Waals surface area contributed by atoms with Crippen LogP contribution in [0.5, 0.6) is 0 Å². The van der Waals surface area contributed by atoms with Crippen LogP contribution < -0.4 is 10.6 Å². The Morgan fingerprint density at radius 3 is 3.10 bits per heavy atom. The first kappa shape index (κ1) is 14.1. The molecule has 0 radical (unpaired) electrons. The summed E-state index contributed by atoms with van der Waals surface area (Å²) in [6.45, 7) is 3.53. The molecule has 6 nitrogen and oxygen atoms in total. The molecule has 0 bridgehead atoms. The lowest BCUT2D eigenvalue weighted by molar-refractivity contribution is -0.132. The van der Waals surface area contributed by atoms with E-state index >= 15 is 0 Å². The van der Waals surface area contributed by atoms with Crippen molar-refractivity contribution in [3.8, 4) is 0 Å². The van der Waals surface area contributed by atoms with Gasteiger partial charge in [0.05, 0.1) is 5.39 Å². The third-order valence-corrected chi connectivity index (χ3v) is 4.43. The van der Waals surface area contributed by atoms with Gasteiger partial charge in [-0.05, 0) is 24.8 Å². The van der Waals surface area contributed by atoms with Crippen molar-refractivity contribution in [1.29, 1.82) is 0 Å². The molecule has 2 aromatic heterocycles. The van der Waals surface area contributed by atoms with E-state index in [1.54, 1.807) is 16.2 Å². The number of nitrogens with one attached hydrogen (secondary N) is 2. The normalized spacial score (nSPS) is 19.0. The van der Waals surface area contributed by atoms with E-state index < -0.39 is 0 Å². The maximum Gasteiger partial charge on any atom is 0.226 e. The highest BCUT2D eigenvalue weighted by molar-refractivity contribution is 7.16. The number of rotatable bonds is 4. The van der Waals surface area contributed by atoms with Gasteiger partial charge in [-0.25, -0.2) is 4.98 Å². The van der Waals surface area contributed by atoms with Crippen molar-refractivity contribution < 1.29 is 4.79 Å². The summed E-state index contributed by atoms with van der Waals surface area (Å²) >= 11 is 1.61. The van der Waals surface area contributed by atoms with E-state index in [1.165, 1.54) is 0 Å². The van der Waals surface area contributed by atoms with Crippen LogP contribution in [0.2, 0.25) is 0 Å². The average molecular weight is 305 g/mol. The summed E-state index contributed by atoms with van der Waals surface area (Å²) in [6, 6.07) is 2.27. The molecule has 1 unspecified atom stereocenters. The van der Waals surface area contributed by atoms with Crippen molar-refractivity contribution in [2.45, 2.75) is 25.8 Å². The lowest BCUT2D eigenvalue weighted by Gasteiger charge is -2.30. The second-order valence-electron chi connectivity index (χ2n) is 5.22. The molecular formula is C14H19N5OS. The van der Waals surface area contributed by atoms with E-state index in [0.29, 0.717) is 18.9 Å². The zero-order valence-electron chi connectivity index (χ0n) is 12.2. The molecule has 3 heterocycles. The number of likely N-dealkylation sites (N-methyl/N-ethyl adjacent to an activating group) is 1. The summed E-state index contributed by atoms with van der Waals surface area (Å²) in [5, 5.41) is 9.71. The third-order valence-electron chi connectivity index (χ3n) is 3.63. The van der Waals surface area contributed by atoms with Gasteiger partial charge in [0.2, 0.25) is 11.9 Å². The van der Waals surface area contributed by atoms with E-state index in [1.807, 2.05) is 25.4 Å². The molecule has 3 rings (SSSR count). The van der Waals surface area contributed by atoms with E-state index in [4.69, 9.17) is 0 Å². The molecule has 0 aromatic carbocycles. The van der Waals surface area contributed by atoms with Crippen molar-refractivity contribution in [1.82, 2.24) is 14.9 Å². The molecular weight excluding hydrogens is 286 g/mol. The van der Waals surface area contributed by atoms with Crippen LogP contribution in [0.25, 0.3) is 10.2 Å². The molecule has 2 aromatic rings. The average Bonchev–Trinajstić information content (AvgIpc) is 2.92. The predicted molar refractivity (Wildman–Crippen MR) is 85.9 cm³/mol. The van der Waals surface area contributed by atoms with E-state index in [0.717, 1.165) is 29.0 Å². The minimum absolute atomic E-state index is 0.213. The van der Waals surface area contributed by atoms with Gasteiger partial charge in [0, 0.05) is 32.6 Å². The number of thiophene rings is 1. The highest BCUT2D eigenvalue weighted by Crippen LogP contribution is 2.27. The van der Waals surface area contributed by atoms with Gasteiger partial charge < -0.3 is 15.5 Å². The van der Waals surface area contributed by atoms with Crippen molar-refractivity contribution in [2.75, 3.05) is 30.8 Å². The third kappa shape index (κ3) is 2.92. The van der Waals surface area contributed by atoms with Crippen LogP contribution in [-0.2, 0) is 4.79 Å². The number of amides is 1. The molecule has 112 valence electrons. The van der Waals surface area contributed by atoms with Crippen molar-refractivity contribution in [3.63, 3.8) is 0 Å². The Hall–Kier alpha value is -1.89. The minimum Gasteiger partial charge on any atom is -0.365 e. The Labute approximate surface area is 127 Å². The Balaban J connectivity index is 1.85. The fourth-order valence-electron chi connectivity index (χ4n) is 2.53. The van der Waals surface area contributed by atoms with Gasteiger partial charge in [0.15, 0.2) is 0 Å². The Kier molecular flexibility index (Phi) is 3.92. The topological polar surface area (TPSA) is 70.2 Å². The van der Waals surface area contributed by atoms with Crippen molar-refractivity contribution >= 4 is 39.2 Å². The highest BCUT2D eigenvalue weighted by Gasteiger charge is 2.23. The summed E-state index contributed by atoms with van der Waals surface area (Å²) in [5.74, 6) is 1.71. The molecule has 1 amide bonds. The summed E-state index contributed by atoms with van der Waals surface area (Å²) in [7, 11) is 1.85. The maximum atomic E-state index is 11.6. The number of likely N-dealkylation sites (tertiary alicyclic amines) is 1. The lowest BCUT2D eigenvalue weighted by atomic mass is 10.1. The van der Waals surface area contributed by atoms with E-state index in [9.17, 15) is 4.79 Å². The molecule has 1 atom stereocenters. The van der Waals surface area contributed by atoms with Crippen LogP contribution in [-0.4, -0.2) is 47.0 Å². The van der Waals surface area contributed by atoms with Gasteiger partial charge in [-0.1, -0.05) is 0 Å². The van der Waals surface area contributed by atoms with Crippen molar-refractivity contribution in [2.24, 2.45) is 0 Å². The predicted octanol–water partition coefficient (Wildman–Crippen LogP) is 2.16. The summed E-state index contributed by atoms with van der Waals surface area (Å²) < 4.78 is 0. The van der Waals surface area contributed by atoms with Crippen LogP contribution >= 0.6 is 11.3 Å². The number of fused-ring (bicyclic) bond motifs is 1. The number of aromatic nitrogens is 2. The van der Waals surface area contributed by atoms with Gasteiger partial charge in [0.25, 0.3) is 0 Å². The molecule has 7 heteroatoms. The summed E-state index contributed by atoms with van der Waals surface area (Å²) in [4.78, 5) is 23.4. The number of hydrogen-bond donors (Lipinski definition) is 2. The summed E-state index contributed by atoms with van der Waals surface area (Å²) in [5.41, 5.74) is 0. The quantitative estimate of drug-likeness (QED) is 0.906. The fourth-order valence-corrected chi connectivity index (χ4v) is 3.29. The molecule has 0 aliphatic carbocycles. The van der Waals surface area contributed by atoms with Crippen LogP contribution in [0, 0.1) is 0 Å². The van der Waals surface area contributed by atoms with Gasteiger partial charge >= 0.3 is 0 Å². The Morgan fingerprint density at radius 2 is 2.33 bits per heavy atom. The second-order valence-corrected chi connectivity index (χ2v) is 6.11. The first-order chi connectivity index (χ1) is 10.2. The van der Waals surface area contributed by atoms with E-state index in [-0.39, 0.29) is 11.9 Å². The molecule has 21 heavy (non-hydrogen) atoms. The summed E-state index contributed by atoms with van der Waals surface area (Å²) in [6.07, 6.45) is 1.43. The van der Waals surface area contributed by atoms with Crippen molar-refractivity contribution in [3.05, 3.63) is 11.4 Å². The van der Waals surface area contributed by atoms with Gasteiger partial charge in [-0.2, -0.15) is 4.98 Å². The van der Waals surface area contributed by atoms with E-state index in [2.05, 4.69) is 20.6 Å². The monoisotopic (exact) mass is 305 g/mol. The number of anilines is 2. The zero-order valence-corrected chi connectivity index (χ0v) is 13.0. The van der Waals surface area contributed by atoms with Crippen LogP contribution in [0.1, 0.15) is 19.8 Å². The molecule has 0 spiro atoms. The van der Waals surface area contributed by atoms with Gasteiger partial charge in [-0.15, -0.1) is 11.3 Å². The zero-order chi connectivity index (χ0) is 14.8.